The molecule has 0 heterocycles. The van der Waals surface area contributed by atoms with E-state index in [4.69, 9.17) is 9.47 Å². The molecule has 1 aliphatic rings. The number of imide groups is 1. The highest BCUT2D eigenvalue weighted by molar-refractivity contribution is 5.98. The molecule has 146 valence electrons. The molecule has 1 aromatic carbocycles. The third-order valence-electron chi connectivity index (χ3n) is 4.18. The number of halogens is 1. The monoisotopic (exact) mass is 378 g/mol. The molecule has 1 saturated carbocycles. The Bertz CT molecular complexity index is 729. The van der Waals surface area contributed by atoms with Crippen LogP contribution >= 0.6 is 0 Å². The van der Waals surface area contributed by atoms with E-state index in [1.54, 1.807) is 6.07 Å². The molecular weight excluding hydrogens is 355 g/mol. The highest BCUT2D eigenvalue weighted by Gasteiger charge is 2.22. The Morgan fingerprint density at radius 3 is 2.59 bits per heavy atom. The summed E-state index contributed by atoms with van der Waals surface area (Å²) in [7, 11) is 1.35. The Hall–Kier alpha value is -2.90. The van der Waals surface area contributed by atoms with Crippen molar-refractivity contribution in [2.24, 2.45) is 0 Å². The maximum atomic E-state index is 13.6. The van der Waals surface area contributed by atoms with Crippen molar-refractivity contribution < 1.29 is 28.2 Å². The highest BCUT2D eigenvalue weighted by atomic mass is 19.1. The molecule has 3 amide bonds. The lowest BCUT2D eigenvalue weighted by Gasteiger charge is -2.15. The first-order chi connectivity index (χ1) is 12.9. The average Bonchev–Trinajstić information content (AvgIpc) is 3.12. The lowest BCUT2D eigenvalue weighted by Crippen LogP contribution is -2.47. The number of methoxy groups -OCH3 is 1. The summed E-state index contributed by atoms with van der Waals surface area (Å²) in [6.45, 7) is 1.36. The van der Waals surface area contributed by atoms with Gasteiger partial charge in [-0.05, 0) is 43.5 Å². The maximum absolute atomic E-state index is 13.6. The summed E-state index contributed by atoms with van der Waals surface area (Å²) < 4.78 is 23.3. The zero-order chi connectivity index (χ0) is 19.8. The summed E-state index contributed by atoms with van der Waals surface area (Å²) in [6, 6.07) is 3.67. The smallest absolute Gasteiger partial charge is 0.331 e. The lowest BCUT2D eigenvalue weighted by atomic mass is 10.2. The Labute approximate surface area is 156 Å². The molecule has 8 heteroatoms. The van der Waals surface area contributed by atoms with Gasteiger partial charge in [0.2, 0.25) is 0 Å². The van der Waals surface area contributed by atoms with Gasteiger partial charge in [-0.2, -0.15) is 0 Å². The van der Waals surface area contributed by atoms with E-state index in [1.165, 1.54) is 32.2 Å². The van der Waals surface area contributed by atoms with Crippen molar-refractivity contribution in [2.75, 3.05) is 7.11 Å². The van der Waals surface area contributed by atoms with Gasteiger partial charge in [0.15, 0.2) is 17.7 Å². The minimum Gasteiger partial charge on any atom is -0.494 e. The number of amides is 3. The van der Waals surface area contributed by atoms with Gasteiger partial charge in [-0.25, -0.2) is 14.0 Å². The second kappa shape index (κ2) is 9.70. The summed E-state index contributed by atoms with van der Waals surface area (Å²) in [6.07, 6.45) is 5.16. The molecule has 0 aromatic heterocycles. The molecule has 1 atom stereocenters. The highest BCUT2D eigenvalue weighted by Crippen LogP contribution is 2.18. The van der Waals surface area contributed by atoms with E-state index in [1.807, 2.05) is 0 Å². The topological polar surface area (TPSA) is 93.7 Å². The van der Waals surface area contributed by atoms with E-state index >= 15 is 0 Å². The minimum atomic E-state index is -1.15. The van der Waals surface area contributed by atoms with Crippen LogP contribution in [0.5, 0.6) is 5.75 Å². The lowest BCUT2D eigenvalue weighted by molar-refractivity contribution is -0.149. The zero-order valence-corrected chi connectivity index (χ0v) is 15.3. The fourth-order valence-corrected chi connectivity index (χ4v) is 2.72. The van der Waals surface area contributed by atoms with Crippen LogP contribution in [0.25, 0.3) is 6.08 Å². The number of carbonyl (C=O) groups is 3. The summed E-state index contributed by atoms with van der Waals surface area (Å²) >= 11 is 0. The van der Waals surface area contributed by atoms with E-state index in [2.05, 4.69) is 10.6 Å². The number of benzene rings is 1. The first-order valence-corrected chi connectivity index (χ1v) is 8.72. The Morgan fingerprint density at radius 1 is 1.26 bits per heavy atom. The fourth-order valence-electron chi connectivity index (χ4n) is 2.72. The first-order valence-electron chi connectivity index (χ1n) is 8.72. The van der Waals surface area contributed by atoms with Crippen molar-refractivity contribution in [2.45, 2.75) is 44.8 Å². The van der Waals surface area contributed by atoms with Gasteiger partial charge in [0.25, 0.3) is 5.91 Å². The van der Waals surface area contributed by atoms with Crippen LogP contribution in [-0.4, -0.2) is 37.2 Å². The summed E-state index contributed by atoms with van der Waals surface area (Å²) in [5.41, 5.74) is 0.429. The summed E-state index contributed by atoms with van der Waals surface area (Å²) in [4.78, 5) is 35.5. The third kappa shape index (κ3) is 6.40. The third-order valence-corrected chi connectivity index (χ3v) is 4.18. The van der Waals surface area contributed by atoms with Crippen molar-refractivity contribution in [1.29, 1.82) is 0 Å². The SMILES string of the molecule is COc1ccc(/C=C/C(=O)O[C@@H](C)C(=O)NC(=O)NC2CCCC2)cc1F. The average molecular weight is 378 g/mol. The van der Waals surface area contributed by atoms with Gasteiger partial charge in [0.05, 0.1) is 7.11 Å². The molecule has 0 spiro atoms. The molecule has 0 radical (unpaired) electrons. The summed E-state index contributed by atoms with van der Waals surface area (Å²) in [5.74, 6) is -1.97. The Morgan fingerprint density at radius 2 is 1.96 bits per heavy atom. The molecule has 1 fully saturated rings. The van der Waals surface area contributed by atoms with E-state index in [-0.39, 0.29) is 11.8 Å². The Kier molecular flexibility index (Phi) is 7.34. The van der Waals surface area contributed by atoms with Crippen molar-refractivity contribution >= 4 is 24.0 Å². The van der Waals surface area contributed by atoms with Gasteiger partial charge >= 0.3 is 12.0 Å². The number of ether oxygens (including phenoxy) is 2. The number of hydrogen-bond donors (Lipinski definition) is 2. The molecule has 1 aliphatic carbocycles. The van der Waals surface area contributed by atoms with Crippen LogP contribution in [0.1, 0.15) is 38.2 Å². The minimum absolute atomic E-state index is 0.0727. The fraction of sp³-hybridized carbons (Fsp3) is 0.421. The standard InChI is InChI=1S/C19H23FN2O5/c1-12(18(24)22-19(25)21-14-5-3-4-6-14)27-17(23)10-8-13-7-9-16(26-2)15(20)11-13/h7-12,14H,3-6H2,1-2H3,(H2,21,22,24,25)/b10-8+/t12-/m0/s1. The predicted octanol–water partition coefficient (Wildman–Crippen LogP) is 2.55. The van der Waals surface area contributed by atoms with Gasteiger partial charge in [-0.3, -0.25) is 10.1 Å². The van der Waals surface area contributed by atoms with Crippen LogP contribution < -0.4 is 15.4 Å². The van der Waals surface area contributed by atoms with Crippen LogP contribution in [0.15, 0.2) is 24.3 Å². The van der Waals surface area contributed by atoms with Crippen LogP contribution in [0.4, 0.5) is 9.18 Å². The summed E-state index contributed by atoms with van der Waals surface area (Å²) in [5, 5.41) is 4.86. The van der Waals surface area contributed by atoms with Gasteiger partial charge < -0.3 is 14.8 Å². The van der Waals surface area contributed by atoms with E-state index in [0.717, 1.165) is 31.8 Å². The van der Waals surface area contributed by atoms with Gasteiger partial charge in [-0.1, -0.05) is 18.9 Å². The van der Waals surface area contributed by atoms with Crippen molar-refractivity contribution in [3.05, 3.63) is 35.7 Å². The van der Waals surface area contributed by atoms with E-state index in [0.29, 0.717) is 5.56 Å². The van der Waals surface area contributed by atoms with Gasteiger partial charge in [0.1, 0.15) is 0 Å². The van der Waals surface area contributed by atoms with Crippen LogP contribution in [0.3, 0.4) is 0 Å². The largest absolute Gasteiger partial charge is 0.494 e. The molecule has 2 N–H and O–H groups in total. The molecular formula is C19H23FN2O5. The molecule has 0 saturated heterocycles. The van der Waals surface area contributed by atoms with Gasteiger partial charge in [-0.15, -0.1) is 0 Å². The molecule has 2 rings (SSSR count). The molecule has 0 unspecified atom stereocenters. The van der Waals surface area contributed by atoms with Crippen molar-refractivity contribution in [3.8, 4) is 5.75 Å². The number of rotatable bonds is 6. The van der Waals surface area contributed by atoms with Crippen LogP contribution in [-0.2, 0) is 14.3 Å². The number of urea groups is 1. The van der Waals surface area contributed by atoms with Crippen molar-refractivity contribution in [1.82, 2.24) is 10.6 Å². The molecule has 7 nitrogen and oxygen atoms in total. The Balaban J connectivity index is 1.80. The van der Waals surface area contributed by atoms with Crippen molar-refractivity contribution in [3.63, 3.8) is 0 Å². The number of esters is 1. The molecule has 1 aromatic rings. The quantitative estimate of drug-likeness (QED) is 0.586. The molecule has 27 heavy (non-hydrogen) atoms. The van der Waals surface area contributed by atoms with Crippen LogP contribution in [0, 0.1) is 5.82 Å². The second-order valence-electron chi connectivity index (χ2n) is 6.25. The second-order valence-corrected chi connectivity index (χ2v) is 6.25. The molecule has 0 aliphatic heterocycles. The first kappa shape index (κ1) is 20.4. The zero-order valence-electron chi connectivity index (χ0n) is 15.3. The number of nitrogens with one attached hydrogen (secondary N) is 2. The molecule has 0 bridgehead atoms. The van der Waals surface area contributed by atoms with Gasteiger partial charge in [0, 0.05) is 12.1 Å². The van der Waals surface area contributed by atoms with E-state index in [9.17, 15) is 18.8 Å². The maximum Gasteiger partial charge on any atom is 0.331 e. The number of hydrogen-bond acceptors (Lipinski definition) is 5. The van der Waals surface area contributed by atoms with Crippen LogP contribution in [0.2, 0.25) is 0 Å². The normalized spacial score (nSPS) is 15.4. The predicted molar refractivity (Wildman–Crippen MR) is 96.5 cm³/mol. The number of carbonyl (C=O) groups excluding carboxylic acids is 3. The van der Waals surface area contributed by atoms with E-state index < -0.39 is 29.8 Å².